The van der Waals surface area contributed by atoms with E-state index < -0.39 is 8.24 Å². The van der Waals surface area contributed by atoms with E-state index in [2.05, 4.69) is 40.8 Å². The summed E-state index contributed by atoms with van der Waals surface area (Å²) in [5, 5.41) is 0. The zero-order chi connectivity index (χ0) is 7.00. The molecular weight excluding hydrogens is 114 g/mol. The molecule has 8 heavy (non-hydrogen) atoms. The van der Waals surface area contributed by atoms with Crippen LogP contribution in [0.15, 0.2) is 0 Å². The molecule has 0 aliphatic heterocycles. The Kier molecular flexibility index (Phi) is 1.89. The Morgan fingerprint density at radius 2 is 1.00 bits per heavy atom. The van der Waals surface area contributed by atoms with Crippen molar-refractivity contribution in [3.63, 3.8) is 0 Å². The molecule has 0 saturated heterocycles. The van der Waals surface area contributed by atoms with Crippen LogP contribution >= 0.6 is 0 Å². The van der Waals surface area contributed by atoms with E-state index in [-0.39, 0.29) is 0 Å². The Hall–Kier alpha value is 0.177. The highest BCUT2D eigenvalue weighted by Crippen LogP contribution is 2.10. The van der Waals surface area contributed by atoms with Gasteiger partial charge in [0.05, 0.1) is 21.1 Å². The maximum absolute atomic E-state index is 2.38. The van der Waals surface area contributed by atoms with Crippen LogP contribution in [0.2, 0.25) is 19.6 Å². The van der Waals surface area contributed by atoms with Crippen LogP contribution in [-0.2, 0) is 0 Å². The fourth-order valence-electron chi connectivity index (χ4n) is 0. The summed E-state index contributed by atoms with van der Waals surface area (Å²) in [6, 6.07) is 0. The normalized spacial score (nSPS) is 14.2. The van der Waals surface area contributed by atoms with Crippen LogP contribution in [0.5, 0.6) is 0 Å². The summed E-state index contributed by atoms with van der Waals surface area (Å²) in [4.78, 5) is 0. The van der Waals surface area contributed by atoms with E-state index in [1.54, 1.807) is 0 Å². The molecule has 50 valence electrons. The molecule has 0 amide bonds. The summed E-state index contributed by atoms with van der Waals surface area (Å²) in [5.41, 5.74) is 0. The smallest absolute Gasteiger partial charge is 0.275 e. The fraction of sp³-hybridized carbons (Fsp3) is 1.00. The van der Waals surface area contributed by atoms with Gasteiger partial charge < -0.3 is 4.15 Å². The third kappa shape index (κ3) is 1.97. The first-order chi connectivity index (χ1) is 3.25. The third-order valence-corrected chi connectivity index (χ3v) is 6.04. The number of quaternary nitrogens is 1. The molecule has 0 spiro atoms. The molecular formula is C6H18NSi+. The first-order valence-electron chi connectivity index (χ1n) is 3.07. The van der Waals surface area contributed by atoms with Gasteiger partial charge in [-0.15, -0.1) is 0 Å². The van der Waals surface area contributed by atoms with Gasteiger partial charge in [0.1, 0.15) is 0 Å². The van der Waals surface area contributed by atoms with Crippen LogP contribution in [0.3, 0.4) is 0 Å². The van der Waals surface area contributed by atoms with Gasteiger partial charge in [0.15, 0.2) is 0 Å². The van der Waals surface area contributed by atoms with Gasteiger partial charge in [0.2, 0.25) is 0 Å². The van der Waals surface area contributed by atoms with E-state index >= 15 is 0 Å². The van der Waals surface area contributed by atoms with Crippen LogP contribution in [-0.4, -0.2) is 33.5 Å². The van der Waals surface area contributed by atoms with Gasteiger partial charge in [-0.1, -0.05) is 0 Å². The molecule has 0 radical (unpaired) electrons. The van der Waals surface area contributed by atoms with Crippen LogP contribution < -0.4 is 0 Å². The predicted octanol–water partition coefficient (Wildman–Crippen LogP) is 1.53. The van der Waals surface area contributed by atoms with E-state index in [9.17, 15) is 0 Å². The SMILES string of the molecule is C[N+](C)(C)[Si](C)(C)C. The fourth-order valence-corrected chi connectivity index (χ4v) is 0. The van der Waals surface area contributed by atoms with Crippen LogP contribution in [0, 0.1) is 0 Å². The largest absolute Gasteiger partial charge is 0.391 e. The maximum atomic E-state index is 2.38. The monoisotopic (exact) mass is 132 g/mol. The van der Waals surface area contributed by atoms with E-state index in [0.717, 1.165) is 4.15 Å². The molecule has 0 bridgehead atoms. The van der Waals surface area contributed by atoms with Crippen molar-refractivity contribution in [3.05, 3.63) is 0 Å². The van der Waals surface area contributed by atoms with Crippen LogP contribution in [0.25, 0.3) is 0 Å². The minimum atomic E-state index is -0.921. The van der Waals surface area contributed by atoms with E-state index in [1.807, 2.05) is 0 Å². The topological polar surface area (TPSA) is 0 Å². The van der Waals surface area contributed by atoms with Crippen molar-refractivity contribution in [3.8, 4) is 0 Å². The van der Waals surface area contributed by atoms with Gasteiger partial charge in [-0.3, -0.25) is 0 Å². The van der Waals surface area contributed by atoms with Gasteiger partial charge >= 0.3 is 0 Å². The van der Waals surface area contributed by atoms with E-state index in [0.29, 0.717) is 0 Å². The molecule has 0 aliphatic rings. The Bertz CT molecular complexity index is 63.5. The average Bonchev–Trinajstić information content (AvgIpc) is 1.25. The molecule has 1 nitrogen and oxygen atoms in total. The Labute approximate surface area is 54.0 Å². The second-order valence-corrected chi connectivity index (χ2v) is 9.87. The van der Waals surface area contributed by atoms with Crippen molar-refractivity contribution >= 4 is 8.24 Å². The number of hydrogen-bond donors (Lipinski definition) is 0. The zero-order valence-electron chi connectivity index (χ0n) is 6.95. The van der Waals surface area contributed by atoms with Crippen molar-refractivity contribution in [2.24, 2.45) is 0 Å². The summed E-state index contributed by atoms with van der Waals surface area (Å²) < 4.78 is 1.16. The maximum Gasteiger partial charge on any atom is 0.275 e. The lowest BCUT2D eigenvalue weighted by molar-refractivity contribution is -0.768. The third-order valence-electron chi connectivity index (χ3n) is 2.01. The Morgan fingerprint density at radius 3 is 1.00 bits per heavy atom. The number of rotatable bonds is 1. The Balaban J connectivity index is 4.02. The molecule has 0 unspecified atom stereocenters. The predicted molar refractivity (Wildman–Crippen MR) is 41.4 cm³/mol. The first kappa shape index (κ1) is 8.18. The lowest BCUT2D eigenvalue weighted by atomic mass is 11.0. The van der Waals surface area contributed by atoms with Gasteiger partial charge in [-0.25, -0.2) is 0 Å². The molecule has 0 atom stereocenters. The van der Waals surface area contributed by atoms with E-state index in [4.69, 9.17) is 0 Å². The first-order valence-corrected chi connectivity index (χ1v) is 6.51. The summed E-state index contributed by atoms with van der Waals surface area (Å²) in [7, 11) is 5.89. The Morgan fingerprint density at radius 1 is 0.875 bits per heavy atom. The minimum absolute atomic E-state index is 0.921. The molecule has 0 N–H and O–H groups in total. The van der Waals surface area contributed by atoms with Crippen molar-refractivity contribution < 1.29 is 4.15 Å². The highest BCUT2D eigenvalue weighted by atomic mass is 28.3. The molecule has 0 rings (SSSR count). The zero-order valence-corrected chi connectivity index (χ0v) is 7.95. The summed E-state index contributed by atoms with van der Waals surface area (Å²) in [5.74, 6) is 0. The van der Waals surface area contributed by atoms with Gasteiger partial charge in [-0.05, 0) is 19.6 Å². The summed E-state index contributed by atoms with van der Waals surface area (Å²) >= 11 is 0. The lowest BCUT2D eigenvalue weighted by Crippen LogP contribution is -2.55. The van der Waals surface area contributed by atoms with Gasteiger partial charge in [0.25, 0.3) is 8.24 Å². The second-order valence-electron chi connectivity index (χ2n) is 4.18. The molecule has 0 heterocycles. The lowest BCUT2D eigenvalue weighted by Gasteiger charge is -2.36. The highest BCUT2D eigenvalue weighted by molar-refractivity contribution is 6.68. The quantitative estimate of drug-likeness (QED) is 0.475. The van der Waals surface area contributed by atoms with Crippen LogP contribution in [0.4, 0.5) is 0 Å². The molecule has 2 heteroatoms. The standard InChI is InChI=1S/C6H18NSi/c1-7(2,3)8(4,5)6/h1-6H3/q+1. The van der Waals surface area contributed by atoms with E-state index in [1.165, 1.54) is 0 Å². The molecule has 0 aromatic heterocycles. The molecule has 0 fully saturated rings. The van der Waals surface area contributed by atoms with Crippen molar-refractivity contribution in [2.75, 3.05) is 21.1 Å². The van der Waals surface area contributed by atoms with Crippen LogP contribution in [0.1, 0.15) is 0 Å². The number of nitrogens with zero attached hydrogens (tertiary/aromatic N) is 1. The summed E-state index contributed by atoms with van der Waals surface area (Å²) in [6.45, 7) is 7.15. The molecule has 0 aromatic carbocycles. The van der Waals surface area contributed by atoms with Crippen molar-refractivity contribution in [1.29, 1.82) is 0 Å². The minimum Gasteiger partial charge on any atom is -0.391 e. The second kappa shape index (κ2) is 1.85. The molecule has 0 aliphatic carbocycles. The van der Waals surface area contributed by atoms with Crippen molar-refractivity contribution in [2.45, 2.75) is 19.6 Å². The van der Waals surface area contributed by atoms with Gasteiger partial charge in [0, 0.05) is 0 Å². The highest BCUT2D eigenvalue weighted by Gasteiger charge is 2.31. The molecule has 0 saturated carbocycles. The van der Waals surface area contributed by atoms with Gasteiger partial charge in [-0.2, -0.15) is 0 Å². The average molecular weight is 132 g/mol. The van der Waals surface area contributed by atoms with Crippen molar-refractivity contribution in [1.82, 2.24) is 0 Å². The summed E-state index contributed by atoms with van der Waals surface area (Å²) in [6.07, 6.45) is 0. The molecule has 0 aromatic rings. The number of hydrogen-bond acceptors (Lipinski definition) is 0.